The molecule has 13 heteroatoms. The SMILES string of the molecule is CC(=O)[O-].[Cl][Pt-2]([Cl])([Cl])([Cl])([Cl])[Cl].[Na+].[Na+].[Na+].[NaH]. The van der Waals surface area contributed by atoms with Gasteiger partial charge in [-0.2, -0.15) is 0 Å². The van der Waals surface area contributed by atoms with Gasteiger partial charge in [-0.3, -0.25) is 0 Å². The number of hydrogen-bond donors (Lipinski definition) is 0. The Kier molecular flexibility index (Phi) is 30.9. The first-order valence-electron chi connectivity index (χ1n) is 1.63. The average molecular weight is 560 g/mol. The molecule has 0 heterocycles. The van der Waals surface area contributed by atoms with Crippen molar-refractivity contribution in [1.82, 2.24) is 0 Å². The molecule has 0 radical (unpaired) electrons. The molecule has 0 aliphatic rings. The van der Waals surface area contributed by atoms with Gasteiger partial charge in [0.05, 0.1) is 0 Å². The molecule has 0 bridgehead atoms. The van der Waals surface area contributed by atoms with E-state index in [0.29, 0.717) is 0 Å². The fourth-order valence-electron chi connectivity index (χ4n) is 0. The zero-order valence-corrected chi connectivity index (χ0v) is 20.7. The Labute approximate surface area is 199 Å². The van der Waals surface area contributed by atoms with E-state index in [0.717, 1.165) is 6.92 Å². The van der Waals surface area contributed by atoms with Gasteiger partial charge in [-0.25, -0.2) is 0 Å². The summed E-state index contributed by atoms with van der Waals surface area (Å²) in [6.45, 7) is 0.972. The van der Waals surface area contributed by atoms with Crippen LogP contribution in [0.5, 0.6) is 0 Å². The molecule has 0 amide bonds. The third-order valence-electron chi connectivity index (χ3n) is 0. The second-order valence-electron chi connectivity index (χ2n) is 1.17. The average Bonchev–Trinajstić information content (AvgIpc) is 1.11. The molecule has 0 fully saturated rings. The normalized spacial score (nSPS) is 12.5. The molecular formula is C2H4Cl6Na4O2Pt. The van der Waals surface area contributed by atoms with Crippen LogP contribution >= 0.6 is 56.5 Å². The maximum absolute atomic E-state index is 8.89. The van der Waals surface area contributed by atoms with Crippen LogP contribution in [-0.4, -0.2) is 35.5 Å². The first-order valence-corrected chi connectivity index (χ1v) is 18.5. The topological polar surface area (TPSA) is 40.1 Å². The van der Waals surface area contributed by atoms with Crippen molar-refractivity contribution >= 4 is 92.0 Å². The molecule has 0 saturated heterocycles. The summed E-state index contributed by atoms with van der Waals surface area (Å²) in [7, 11) is 25.0. The van der Waals surface area contributed by atoms with E-state index in [1.165, 1.54) is 0 Å². The van der Waals surface area contributed by atoms with E-state index in [9.17, 15) is 0 Å². The molecule has 80 valence electrons. The molecular weight excluding hydrogens is 556 g/mol. The van der Waals surface area contributed by atoms with E-state index in [1.807, 2.05) is 0 Å². The Balaban J connectivity index is -0.0000000230. The van der Waals surface area contributed by atoms with Gasteiger partial charge in [0.25, 0.3) is 0 Å². The first kappa shape index (κ1) is 37.3. The van der Waals surface area contributed by atoms with Gasteiger partial charge in [-0.05, 0) is 6.92 Å². The second-order valence-corrected chi connectivity index (χ2v) is 50.4. The van der Waals surface area contributed by atoms with Crippen LogP contribution in [-0.2, 0) is 12.1 Å². The minimum absolute atomic E-state index is 0. The zero-order chi connectivity index (χ0) is 9.99. The quantitative estimate of drug-likeness (QED) is 0.277. The van der Waals surface area contributed by atoms with Crippen LogP contribution in [0.25, 0.3) is 0 Å². The van der Waals surface area contributed by atoms with Crippen LogP contribution < -0.4 is 93.8 Å². The molecule has 0 rings (SSSR count). The standard InChI is InChI=1S/C2H4O2.6ClH.4Na.Pt.H/c1-2(3)4;;;;;;;;;;;;/h1H3,(H,3,4);6*1H;;;;;;/q;;;;;;;;3*+1;+4;/p-7. The van der Waals surface area contributed by atoms with E-state index >= 15 is 0 Å². The van der Waals surface area contributed by atoms with Gasteiger partial charge in [0, 0.05) is 5.97 Å². The van der Waals surface area contributed by atoms with Gasteiger partial charge in [0.1, 0.15) is 0 Å². The van der Waals surface area contributed by atoms with Crippen molar-refractivity contribution < 1.29 is 106 Å². The van der Waals surface area contributed by atoms with Crippen LogP contribution in [0.3, 0.4) is 0 Å². The van der Waals surface area contributed by atoms with Crippen molar-refractivity contribution in [1.29, 1.82) is 0 Å². The van der Waals surface area contributed by atoms with E-state index < -0.39 is 13.3 Å². The van der Waals surface area contributed by atoms with Gasteiger partial charge in [0.2, 0.25) is 0 Å². The van der Waals surface area contributed by atoms with E-state index in [2.05, 4.69) is 0 Å². The fraction of sp³-hybridized carbons (Fsp3) is 0.500. The summed E-state index contributed by atoms with van der Waals surface area (Å²) in [5.41, 5.74) is 0. The van der Waals surface area contributed by atoms with Crippen LogP contribution in [0.15, 0.2) is 0 Å². The molecule has 0 spiro atoms. The monoisotopic (exact) mass is 557 g/mol. The number of carboxylic acids is 1. The number of rotatable bonds is 0. The van der Waals surface area contributed by atoms with Crippen molar-refractivity contribution in [3.05, 3.63) is 0 Å². The molecule has 0 aromatic rings. The molecule has 2 nitrogen and oxygen atoms in total. The Morgan fingerprint density at radius 1 is 0.933 bits per heavy atom. The number of carbonyl (C=O) groups is 1. The minimum atomic E-state index is -5.29. The Morgan fingerprint density at radius 2 is 0.933 bits per heavy atom. The molecule has 0 N–H and O–H groups in total. The van der Waals surface area contributed by atoms with Gasteiger partial charge in [0.15, 0.2) is 0 Å². The number of halogens is 6. The third-order valence-corrected chi connectivity index (χ3v) is 0. The molecule has 15 heavy (non-hydrogen) atoms. The molecule has 0 aliphatic heterocycles. The van der Waals surface area contributed by atoms with Crippen LogP contribution in [0.2, 0.25) is 0 Å². The van der Waals surface area contributed by atoms with Crippen LogP contribution in [0.4, 0.5) is 0 Å². The summed E-state index contributed by atoms with van der Waals surface area (Å²) < 4.78 is 0. The Bertz CT molecular complexity index is 149. The second kappa shape index (κ2) is 12.4. The van der Waals surface area contributed by atoms with Gasteiger partial charge < -0.3 is 9.90 Å². The summed E-state index contributed by atoms with van der Waals surface area (Å²) in [5.74, 6) is -1.08. The summed E-state index contributed by atoms with van der Waals surface area (Å²) in [4.78, 5) is 8.89. The summed E-state index contributed by atoms with van der Waals surface area (Å²) in [6, 6.07) is 0. The van der Waals surface area contributed by atoms with Crippen molar-refractivity contribution in [3.63, 3.8) is 0 Å². The van der Waals surface area contributed by atoms with E-state index in [-0.39, 0.29) is 118 Å². The van der Waals surface area contributed by atoms with Crippen molar-refractivity contribution in [3.8, 4) is 0 Å². The molecule has 0 unspecified atom stereocenters. The predicted octanol–water partition coefficient (Wildman–Crippen LogP) is -6.75. The zero-order valence-electron chi connectivity index (χ0n) is 7.90. The number of carbonyl (C=O) groups excluding carboxylic acids is 1. The van der Waals surface area contributed by atoms with Crippen LogP contribution in [0, 0.1) is 0 Å². The summed E-state index contributed by atoms with van der Waals surface area (Å²) in [5, 5.41) is 8.89. The summed E-state index contributed by atoms with van der Waals surface area (Å²) in [6.07, 6.45) is 0. The number of carboxylic acid groups (broad SMARTS) is 1. The summed E-state index contributed by atoms with van der Waals surface area (Å²) >= 11 is 0. The van der Waals surface area contributed by atoms with Crippen molar-refractivity contribution in [2.75, 3.05) is 0 Å². The molecule has 0 atom stereocenters. The molecule has 0 saturated carbocycles. The van der Waals surface area contributed by atoms with Gasteiger partial charge in [-0.15, -0.1) is 0 Å². The Hall–Kier alpha value is 5.90. The predicted molar refractivity (Wildman–Crippen MR) is 52.9 cm³/mol. The molecule has 0 aromatic heterocycles. The van der Waals surface area contributed by atoms with Crippen molar-refractivity contribution in [2.24, 2.45) is 0 Å². The van der Waals surface area contributed by atoms with Crippen LogP contribution in [0.1, 0.15) is 6.92 Å². The van der Waals surface area contributed by atoms with Gasteiger partial charge in [-0.1, -0.05) is 0 Å². The number of hydrogen-bond acceptors (Lipinski definition) is 2. The third kappa shape index (κ3) is 183. The van der Waals surface area contributed by atoms with E-state index in [1.54, 1.807) is 0 Å². The molecule has 0 aliphatic carbocycles. The van der Waals surface area contributed by atoms with Crippen molar-refractivity contribution in [2.45, 2.75) is 6.92 Å². The fourth-order valence-corrected chi connectivity index (χ4v) is 0. The Morgan fingerprint density at radius 3 is 0.933 bits per heavy atom. The molecule has 0 aromatic carbocycles. The maximum atomic E-state index is 8.89. The first-order chi connectivity index (χ1) is 4.18. The van der Waals surface area contributed by atoms with Gasteiger partial charge >= 0.3 is 182 Å². The van der Waals surface area contributed by atoms with E-state index in [4.69, 9.17) is 66.4 Å². The number of aliphatic carboxylic acids is 1.